The zero-order valence-electron chi connectivity index (χ0n) is 17.0. The SMILES string of the molecule is Cc1ccc(-c2cc(C(=O)NCC(O)c3cnc(C)nc3)cc(S(C)(=O)=O)c2)cc1. The number of aromatic nitrogens is 2. The molecule has 156 valence electrons. The molecule has 2 N–H and O–H groups in total. The molecule has 0 aliphatic rings. The predicted octanol–water partition coefficient (Wildman–Crippen LogP) is 2.63. The number of nitrogens with zero attached hydrogens (tertiary/aromatic N) is 2. The van der Waals surface area contributed by atoms with Gasteiger partial charge in [0.2, 0.25) is 0 Å². The lowest BCUT2D eigenvalue weighted by atomic mass is 10.0. The van der Waals surface area contributed by atoms with Crippen molar-refractivity contribution in [1.29, 1.82) is 0 Å². The molecule has 8 heteroatoms. The normalized spacial score (nSPS) is 12.4. The van der Waals surface area contributed by atoms with Crippen LogP contribution >= 0.6 is 0 Å². The van der Waals surface area contributed by atoms with E-state index in [1.165, 1.54) is 18.5 Å². The van der Waals surface area contributed by atoms with E-state index in [2.05, 4.69) is 15.3 Å². The van der Waals surface area contributed by atoms with Crippen molar-refractivity contribution < 1.29 is 18.3 Å². The molecule has 0 saturated carbocycles. The fraction of sp³-hybridized carbons (Fsp3) is 0.227. The highest BCUT2D eigenvalue weighted by molar-refractivity contribution is 7.90. The van der Waals surface area contributed by atoms with Crippen molar-refractivity contribution in [2.24, 2.45) is 0 Å². The number of carbonyl (C=O) groups is 1. The molecular formula is C22H23N3O4S. The number of aryl methyl sites for hydroxylation is 2. The highest BCUT2D eigenvalue weighted by Crippen LogP contribution is 2.25. The average Bonchev–Trinajstić information content (AvgIpc) is 2.72. The number of sulfone groups is 1. The second kappa shape index (κ2) is 8.73. The first-order chi connectivity index (χ1) is 14.1. The van der Waals surface area contributed by atoms with Gasteiger partial charge in [-0.2, -0.15) is 0 Å². The fourth-order valence-corrected chi connectivity index (χ4v) is 3.52. The van der Waals surface area contributed by atoms with Crippen molar-refractivity contribution in [3.05, 3.63) is 77.4 Å². The Kier molecular flexibility index (Phi) is 6.28. The number of hydrogen-bond donors (Lipinski definition) is 2. The molecule has 7 nitrogen and oxygen atoms in total. The maximum Gasteiger partial charge on any atom is 0.251 e. The third kappa shape index (κ3) is 5.28. The lowest BCUT2D eigenvalue weighted by Gasteiger charge is -2.13. The zero-order chi connectivity index (χ0) is 21.9. The van der Waals surface area contributed by atoms with Gasteiger partial charge in [-0.05, 0) is 43.2 Å². The summed E-state index contributed by atoms with van der Waals surface area (Å²) in [7, 11) is -3.52. The lowest BCUT2D eigenvalue weighted by Crippen LogP contribution is -2.28. The molecule has 0 spiro atoms. The predicted molar refractivity (Wildman–Crippen MR) is 114 cm³/mol. The van der Waals surface area contributed by atoms with Crippen LogP contribution in [-0.4, -0.2) is 42.2 Å². The van der Waals surface area contributed by atoms with E-state index in [9.17, 15) is 18.3 Å². The molecule has 3 aromatic rings. The van der Waals surface area contributed by atoms with E-state index in [4.69, 9.17) is 0 Å². The summed E-state index contributed by atoms with van der Waals surface area (Å²) in [5, 5.41) is 12.9. The second-order valence-electron chi connectivity index (χ2n) is 7.17. The molecule has 0 aliphatic heterocycles. The van der Waals surface area contributed by atoms with E-state index in [0.29, 0.717) is 17.0 Å². The molecule has 1 heterocycles. The van der Waals surface area contributed by atoms with Crippen molar-refractivity contribution in [2.75, 3.05) is 12.8 Å². The van der Waals surface area contributed by atoms with Crippen LogP contribution in [0.4, 0.5) is 0 Å². The summed E-state index contributed by atoms with van der Waals surface area (Å²) < 4.78 is 24.3. The summed E-state index contributed by atoms with van der Waals surface area (Å²) in [4.78, 5) is 20.8. The number of aliphatic hydroxyl groups is 1. The van der Waals surface area contributed by atoms with Gasteiger partial charge in [-0.25, -0.2) is 18.4 Å². The Labute approximate surface area is 175 Å². The third-order valence-electron chi connectivity index (χ3n) is 4.62. The molecule has 1 unspecified atom stereocenters. The molecular weight excluding hydrogens is 402 g/mol. The quantitative estimate of drug-likeness (QED) is 0.628. The highest BCUT2D eigenvalue weighted by atomic mass is 32.2. The number of aliphatic hydroxyl groups excluding tert-OH is 1. The molecule has 0 fully saturated rings. The highest BCUT2D eigenvalue weighted by Gasteiger charge is 2.17. The smallest absolute Gasteiger partial charge is 0.251 e. The van der Waals surface area contributed by atoms with E-state index >= 15 is 0 Å². The van der Waals surface area contributed by atoms with Crippen molar-refractivity contribution in [2.45, 2.75) is 24.8 Å². The fourth-order valence-electron chi connectivity index (χ4n) is 2.84. The van der Waals surface area contributed by atoms with E-state index < -0.39 is 21.8 Å². The van der Waals surface area contributed by atoms with Crippen LogP contribution in [0.15, 0.2) is 59.8 Å². The van der Waals surface area contributed by atoms with Gasteiger partial charge in [-0.1, -0.05) is 29.8 Å². The maximum absolute atomic E-state index is 12.7. The molecule has 1 atom stereocenters. The van der Waals surface area contributed by atoms with Gasteiger partial charge in [-0.15, -0.1) is 0 Å². The molecule has 30 heavy (non-hydrogen) atoms. The molecule has 0 aliphatic carbocycles. The molecule has 3 rings (SSSR count). The van der Waals surface area contributed by atoms with E-state index in [0.717, 1.165) is 17.4 Å². The van der Waals surface area contributed by atoms with Gasteiger partial charge in [0.15, 0.2) is 9.84 Å². The molecule has 2 aromatic carbocycles. The van der Waals surface area contributed by atoms with Gasteiger partial charge in [-0.3, -0.25) is 4.79 Å². The van der Waals surface area contributed by atoms with Gasteiger partial charge < -0.3 is 10.4 Å². The number of nitrogens with one attached hydrogen (secondary N) is 1. The van der Waals surface area contributed by atoms with Gasteiger partial charge in [0.1, 0.15) is 5.82 Å². The standard InChI is InChI=1S/C22H23N3O4S/c1-14-4-6-16(7-5-14)17-8-18(10-20(9-17)30(3,28)29)22(27)25-13-21(26)19-11-23-15(2)24-12-19/h4-12,21,26H,13H2,1-3H3,(H,25,27). The first kappa shape index (κ1) is 21.6. The molecule has 0 saturated heterocycles. The minimum Gasteiger partial charge on any atom is -0.386 e. The van der Waals surface area contributed by atoms with Gasteiger partial charge in [0, 0.05) is 36.3 Å². The van der Waals surface area contributed by atoms with E-state index in [1.807, 2.05) is 31.2 Å². The average molecular weight is 426 g/mol. The first-order valence-electron chi connectivity index (χ1n) is 9.30. The summed E-state index contributed by atoms with van der Waals surface area (Å²) in [6.45, 7) is 3.63. The first-order valence-corrected chi connectivity index (χ1v) is 11.2. The Morgan fingerprint density at radius 2 is 1.67 bits per heavy atom. The van der Waals surface area contributed by atoms with Crippen LogP contribution in [0.25, 0.3) is 11.1 Å². The van der Waals surface area contributed by atoms with Crippen molar-refractivity contribution in [3.63, 3.8) is 0 Å². The molecule has 0 radical (unpaired) electrons. The van der Waals surface area contributed by atoms with Crippen LogP contribution in [-0.2, 0) is 9.84 Å². The lowest BCUT2D eigenvalue weighted by molar-refractivity contribution is 0.0915. The Morgan fingerprint density at radius 3 is 2.27 bits per heavy atom. The Bertz CT molecular complexity index is 1160. The maximum atomic E-state index is 12.7. The number of rotatable bonds is 6. The van der Waals surface area contributed by atoms with Gasteiger partial charge >= 0.3 is 0 Å². The van der Waals surface area contributed by atoms with Gasteiger partial charge in [0.25, 0.3) is 5.91 Å². The van der Waals surface area contributed by atoms with E-state index in [1.54, 1.807) is 19.1 Å². The number of benzene rings is 2. The van der Waals surface area contributed by atoms with E-state index in [-0.39, 0.29) is 17.0 Å². The summed E-state index contributed by atoms with van der Waals surface area (Å²) in [5.74, 6) is 0.0946. The monoisotopic (exact) mass is 425 g/mol. The number of carbonyl (C=O) groups excluding carboxylic acids is 1. The number of hydrogen-bond acceptors (Lipinski definition) is 6. The van der Waals surface area contributed by atoms with Crippen molar-refractivity contribution >= 4 is 15.7 Å². The van der Waals surface area contributed by atoms with Crippen LogP contribution < -0.4 is 5.32 Å². The number of amides is 1. The topological polar surface area (TPSA) is 109 Å². The van der Waals surface area contributed by atoms with Crippen molar-refractivity contribution in [1.82, 2.24) is 15.3 Å². The Balaban J connectivity index is 1.86. The van der Waals surface area contributed by atoms with Crippen LogP contribution in [0.3, 0.4) is 0 Å². The third-order valence-corrected chi connectivity index (χ3v) is 5.72. The second-order valence-corrected chi connectivity index (χ2v) is 9.19. The van der Waals surface area contributed by atoms with Crippen LogP contribution in [0.5, 0.6) is 0 Å². The summed E-state index contributed by atoms with van der Waals surface area (Å²) >= 11 is 0. The Morgan fingerprint density at radius 1 is 1.03 bits per heavy atom. The molecule has 0 bridgehead atoms. The Hall–Kier alpha value is -3.10. The van der Waals surface area contributed by atoms with Crippen LogP contribution in [0.1, 0.15) is 33.4 Å². The summed E-state index contributed by atoms with van der Waals surface area (Å²) in [6, 6.07) is 12.1. The van der Waals surface area contributed by atoms with Crippen molar-refractivity contribution in [3.8, 4) is 11.1 Å². The minimum atomic E-state index is -3.52. The largest absolute Gasteiger partial charge is 0.386 e. The van der Waals surface area contributed by atoms with Crippen LogP contribution in [0, 0.1) is 13.8 Å². The summed E-state index contributed by atoms with van der Waals surface area (Å²) in [6.07, 6.45) is 3.12. The van der Waals surface area contributed by atoms with Gasteiger partial charge in [0.05, 0.1) is 11.0 Å². The molecule has 1 amide bonds. The minimum absolute atomic E-state index is 0.0539. The van der Waals surface area contributed by atoms with Crippen LogP contribution in [0.2, 0.25) is 0 Å². The summed E-state index contributed by atoms with van der Waals surface area (Å²) in [5.41, 5.74) is 3.17. The zero-order valence-corrected chi connectivity index (χ0v) is 17.8. The molecule has 1 aromatic heterocycles.